The highest BCUT2D eigenvalue weighted by Gasteiger charge is 2.64. The van der Waals surface area contributed by atoms with Crippen LogP contribution in [-0.2, 0) is 22.4 Å². The van der Waals surface area contributed by atoms with Crippen LogP contribution in [0.2, 0.25) is 0 Å². The number of carboxylic acid groups (broad SMARTS) is 1. The number of furan rings is 2. The van der Waals surface area contributed by atoms with Gasteiger partial charge in [-0.25, -0.2) is 14.8 Å². The van der Waals surface area contributed by atoms with Crippen LogP contribution in [0.3, 0.4) is 0 Å². The summed E-state index contributed by atoms with van der Waals surface area (Å²) in [7, 11) is 0. The van der Waals surface area contributed by atoms with Gasteiger partial charge in [0.25, 0.3) is 5.91 Å². The number of anilines is 2. The van der Waals surface area contributed by atoms with Crippen molar-refractivity contribution in [1.82, 2.24) is 25.3 Å². The fourth-order valence-corrected chi connectivity index (χ4v) is 8.08. The summed E-state index contributed by atoms with van der Waals surface area (Å²) in [5.41, 5.74) is 19.9. The summed E-state index contributed by atoms with van der Waals surface area (Å²) >= 11 is 0. The molecule has 2 aliphatic carbocycles. The van der Waals surface area contributed by atoms with Crippen LogP contribution >= 0.6 is 12.4 Å². The lowest BCUT2D eigenvalue weighted by molar-refractivity contribution is -0.163. The summed E-state index contributed by atoms with van der Waals surface area (Å²) in [5.74, 6) is 0.362. The van der Waals surface area contributed by atoms with E-state index in [1.54, 1.807) is 60.9 Å². The van der Waals surface area contributed by atoms with Crippen LogP contribution in [0.15, 0.2) is 131 Å². The standard InChI is InChI=1S/C29H25F3N4O3.C25H21N3O4.C4H6F3N.ClH/c1-17-12-20(24-8-4-19(16-34-24)27(38)36-28(10-11-28)29(30,31)32)13-21-14-23(39-26(17)21)7-6-22(37)5-2-18-3-9-25(33)35-15-18;1-15-10-18(22-8-4-17(14-27-22)25(30)31)11-19-12-21(32-24(15)19)7-6-20(29)5-2-16-3-9-23(26)28-13-16;5-4(6,7)3(8)1-2-3;/h2-5,8-9,12-16H,6-7,10-11H2,1H3,(H2,33,35)(H,36,38);2-5,8-14H,6-7H2,1H3,(H2,26,28)(H,30,31);1-2,8H2;1H/b2*5-2+;;. The molecule has 2 saturated carbocycles. The number of carboxylic acids is 1. The number of amides is 1. The molecule has 10 rings (SSSR count). The maximum Gasteiger partial charge on any atom is 0.411 e. The molecule has 6 heterocycles. The lowest BCUT2D eigenvalue weighted by Crippen LogP contribution is -2.47. The molecule has 8 aromatic rings. The summed E-state index contributed by atoms with van der Waals surface area (Å²) < 4.78 is 85.9. The molecule has 0 atom stereocenters. The number of benzene rings is 2. The molecule has 1 amide bonds. The van der Waals surface area contributed by atoms with Crippen LogP contribution in [0.5, 0.6) is 0 Å². The minimum atomic E-state index is -4.48. The Balaban J connectivity index is 0.000000203. The number of allylic oxidation sites excluding steroid dienone is 2. The number of fused-ring (bicyclic) bond motifs is 2. The lowest BCUT2D eigenvalue weighted by Gasteiger charge is -2.20. The second-order valence-electron chi connectivity index (χ2n) is 19.3. The number of halogens is 7. The van der Waals surface area contributed by atoms with Gasteiger partial charge in [-0.05, 0) is 171 Å². The van der Waals surface area contributed by atoms with Crippen LogP contribution in [0.1, 0.15) is 93.0 Å². The summed E-state index contributed by atoms with van der Waals surface area (Å²) in [5, 5.41) is 12.9. The number of nitrogen functional groups attached to an aromatic ring is 2. The molecule has 0 unspecified atom stereocenters. The number of aromatic carboxylic acids is 1. The van der Waals surface area contributed by atoms with Crippen LogP contribution in [0.25, 0.3) is 56.6 Å². The van der Waals surface area contributed by atoms with E-state index in [0.717, 1.165) is 55.5 Å². The monoisotopic (exact) mass is 1120 g/mol. The Kier molecular flexibility index (Phi) is 17.8. The molecule has 80 heavy (non-hydrogen) atoms. The number of pyridine rings is 4. The number of nitrogens with zero attached hydrogens (tertiary/aromatic N) is 4. The van der Waals surface area contributed by atoms with Crippen molar-refractivity contribution in [3.8, 4) is 22.5 Å². The van der Waals surface area contributed by atoms with E-state index in [2.05, 4.69) is 25.3 Å². The third kappa shape index (κ3) is 14.7. The van der Waals surface area contributed by atoms with Gasteiger partial charge in [-0.15, -0.1) is 12.4 Å². The first kappa shape index (κ1) is 59.0. The third-order valence-corrected chi connectivity index (χ3v) is 13.1. The smallest absolute Gasteiger partial charge is 0.411 e. The van der Waals surface area contributed by atoms with Crippen LogP contribution in [-0.4, -0.2) is 71.9 Å². The van der Waals surface area contributed by atoms with Crippen molar-refractivity contribution >= 4 is 81.6 Å². The average Bonchev–Trinajstić information content (AvgIpc) is 4.43. The van der Waals surface area contributed by atoms with Gasteiger partial charge in [-0.2, -0.15) is 26.3 Å². The Morgan fingerprint density at radius 3 is 1.40 bits per heavy atom. The molecular formula is C58H53ClF6N8O7. The number of carbonyl (C=O) groups is 4. The van der Waals surface area contributed by atoms with Crippen molar-refractivity contribution in [3.63, 3.8) is 0 Å². The first-order chi connectivity index (χ1) is 37.4. The second kappa shape index (κ2) is 24.1. The van der Waals surface area contributed by atoms with Crippen LogP contribution < -0.4 is 22.5 Å². The molecule has 2 aromatic carbocycles. The van der Waals surface area contributed by atoms with Gasteiger partial charge in [0, 0.05) is 72.4 Å². The number of aromatic nitrogens is 4. The van der Waals surface area contributed by atoms with Crippen LogP contribution in [0.4, 0.5) is 38.0 Å². The highest BCUT2D eigenvalue weighted by molar-refractivity contribution is 5.96. The summed E-state index contributed by atoms with van der Waals surface area (Å²) in [4.78, 5) is 64.5. The number of rotatable bonds is 15. The van der Waals surface area contributed by atoms with E-state index < -0.39 is 35.3 Å². The molecule has 416 valence electrons. The SMILES string of the molecule is Cc1cc(-c2ccc(C(=O)NC3(C(F)(F)F)CC3)cn2)cc2cc(CCC(=O)/C=C/c3ccc(N)nc3)oc12.Cc1cc(-c2ccc(C(=O)O)cn2)cc2cc(CCC(=O)/C=C/c3ccc(N)nc3)oc12.Cl.NC1(C(F)(F)F)CC1. The fraction of sp³-hybridized carbons (Fsp3) is 0.241. The minimum absolute atomic E-state index is 0. The largest absolute Gasteiger partial charge is 0.478 e. The maximum absolute atomic E-state index is 13.2. The van der Waals surface area contributed by atoms with E-state index in [4.69, 9.17) is 31.1 Å². The molecular weight excluding hydrogens is 1070 g/mol. The molecule has 2 fully saturated rings. The topological polar surface area (TPSA) is 256 Å². The highest BCUT2D eigenvalue weighted by atomic mass is 35.5. The first-order valence-electron chi connectivity index (χ1n) is 24.7. The molecule has 8 N–H and O–H groups in total. The zero-order chi connectivity index (χ0) is 56.9. The Morgan fingerprint density at radius 2 is 1.06 bits per heavy atom. The number of hydrogen-bond donors (Lipinski definition) is 5. The molecule has 15 nitrogen and oxygen atoms in total. The summed E-state index contributed by atoms with van der Waals surface area (Å²) in [6, 6.07) is 24.7. The molecule has 6 aromatic heterocycles. The van der Waals surface area contributed by atoms with Gasteiger partial charge in [0.15, 0.2) is 11.6 Å². The molecule has 0 aliphatic heterocycles. The maximum atomic E-state index is 13.2. The Hall–Kier alpha value is -8.69. The van der Waals surface area contributed by atoms with Crippen molar-refractivity contribution in [1.29, 1.82) is 0 Å². The van der Waals surface area contributed by atoms with Gasteiger partial charge in [0.1, 0.15) is 45.4 Å². The first-order valence-corrected chi connectivity index (χ1v) is 24.7. The van der Waals surface area contributed by atoms with Crippen molar-refractivity contribution in [2.24, 2.45) is 5.73 Å². The number of aryl methyl sites for hydroxylation is 4. The quantitative estimate of drug-likeness (QED) is 0.0473. The van der Waals surface area contributed by atoms with Crippen molar-refractivity contribution in [3.05, 3.63) is 167 Å². The fourth-order valence-electron chi connectivity index (χ4n) is 8.08. The van der Waals surface area contributed by atoms with Gasteiger partial charge in [-0.1, -0.05) is 0 Å². The third-order valence-electron chi connectivity index (χ3n) is 13.1. The second-order valence-corrected chi connectivity index (χ2v) is 19.3. The molecule has 0 radical (unpaired) electrons. The zero-order valence-electron chi connectivity index (χ0n) is 43.0. The minimum Gasteiger partial charge on any atom is -0.478 e. The molecule has 0 saturated heterocycles. The van der Waals surface area contributed by atoms with Gasteiger partial charge < -0.3 is 36.5 Å². The highest BCUT2D eigenvalue weighted by Crippen LogP contribution is 2.49. The van der Waals surface area contributed by atoms with E-state index in [-0.39, 0.29) is 67.2 Å². The van der Waals surface area contributed by atoms with Crippen molar-refractivity contribution in [2.45, 2.75) is 88.6 Å². The summed E-state index contributed by atoms with van der Waals surface area (Å²) in [6.07, 6.45) is 5.06. The van der Waals surface area contributed by atoms with E-state index in [1.165, 1.54) is 36.7 Å². The number of ketones is 2. The predicted molar refractivity (Wildman–Crippen MR) is 292 cm³/mol. The van der Waals surface area contributed by atoms with E-state index >= 15 is 0 Å². The van der Waals surface area contributed by atoms with E-state index in [1.807, 2.05) is 50.2 Å². The Labute approximate surface area is 459 Å². The number of carbonyl (C=O) groups excluding carboxylic acids is 3. The van der Waals surface area contributed by atoms with Crippen molar-refractivity contribution < 1.29 is 59.5 Å². The molecule has 22 heteroatoms. The van der Waals surface area contributed by atoms with Crippen LogP contribution in [0, 0.1) is 13.8 Å². The number of nitrogens with two attached hydrogens (primary N) is 3. The molecule has 2 aliphatic rings. The number of hydrogen-bond acceptors (Lipinski definition) is 13. The van der Waals surface area contributed by atoms with E-state index in [0.29, 0.717) is 53.6 Å². The number of alkyl halides is 6. The van der Waals surface area contributed by atoms with Gasteiger partial charge >= 0.3 is 18.3 Å². The zero-order valence-corrected chi connectivity index (χ0v) is 43.8. The van der Waals surface area contributed by atoms with Gasteiger partial charge in [-0.3, -0.25) is 24.4 Å². The number of nitrogens with one attached hydrogen (secondary N) is 1. The normalized spacial score (nSPS) is 14.2. The lowest BCUT2D eigenvalue weighted by atomic mass is 10.0. The van der Waals surface area contributed by atoms with E-state index in [9.17, 15) is 45.5 Å². The Morgan fingerprint density at radius 1 is 0.613 bits per heavy atom. The molecule has 0 bridgehead atoms. The van der Waals surface area contributed by atoms with Crippen molar-refractivity contribution in [2.75, 3.05) is 11.5 Å². The van der Waals surface area contributed by atoms with Gasteiger partial charge in [0.05, 0.1) is 22.5 Å². The Bertz CT molecular complexity index is 3600. The average molecular weight is 1120 g/mol. The molecule has 0 spiro atoms. The van der Waals surface area contributed by atoms with Gasteiger partial charge in [0.2, 0.25) is 0 Å². The predicted octanol–water partition coefficient (Wildman–Crippen LogP) is 12.0. The summed E-state index contributed by atoms with van der Waals surface area (Å²) in [6.45, 7) is 3.83.